The zero-order valence-electron chi connectivity index (χ0n) is 13.5. The molecule has 1 saturated carbocycles. The smallest absolute Gasteiger partial charge is 0.391 e. The van der Waals surface area contributed by atoms with Crippen molar-refractivity contribution in [3.63, 3.8) is 0 Å². The van der Waals surface area contributed by atoms with Gasteiger partial charge in [0.15, 0.2) is 0 Å². The number of rotatable bonds is 6. The number of aliphatic carboxylic acids is 1. The SMILES string of the molecule is O=C(NC(CC(F)(F)F)C(=O)O)c1cc(C2CC2)nn1-c1ccccc1. The Bertz CT molecular complexity index is 814. The minimum absolute atomic E-state index is 0.00604. The number of carboxylic acid groups (broad SMARTS) is 1. The van der Waals surface area contributed by atoms with Gasteiger partial charge in [0, 0.05) is 5.92 Å². The van der Waals surface area contributed by atoms with Crippen molar-refractivity contribution in [2.45, 2.75) is 37.4 Å². The van der Waals surface area contributed by atoms with Gasteiger partial charge in [-0.05, 0) is 31.0 Å². The van der Waals surface area contributed by atoms with Gasteiger partial charge in [-0.2, -0.15) is 18.3 Å². The van der Waals surface area contributed by atoms with Crippen LogP contribution >= 0.6 is 0 Å². The summed E-state index contributed by atoms with van der Waals surface area (Å²) in [6.45, 7) is 0. The van der Waals surface area contributed by atoms with E-state index in [1.807, 2.05) is 5.32 Å². The molecule has 1 unspecified atom stereocenters. The van der Waals surface area contributed by atoms with Gasteiger partial charge >= 0.3 is 12.1 Å². The molecular weight excluding hydrogens is 351 g/mol. The van der Waals surface area contributed by atoms with Crippen LogP contribution in [0.25, 0.3) is 5.69 Å². The Morgan fingerprint density at radius 1 is 1.27 bits per heavy atom. The maximum atomic E-state index is 12.5. The molecule has 1 aromatic heterocycles. The van der Waals surface area contributed by atoms with Crippen LogP contribution < -0.4 is 5.32 Å². The Balaban J connectivity index is 1.89. The number of nitrogens with one attached hydrogen (secondary N) is 1. The molecule has 9 heteroatoms. The molecule has 1 amide bonds. The van der Waals surface area contributed by atoms with E-state index >= 15 is 0 Å². The highest BCUT2D eigenvalue weighted by Gasteiger charge is 2.37. The van der Waals surface area contributed by atoms with E-state index < -0.39 is 30.5 Å². The second-order valence-corrected chi connectivity index (χ2v) is 6.16. The molecule has 1 atom stereocenters. The summed E-state index contributed by atoms with van der Waals surface area (Å²) in [5, 5.41) is 15.3. The monoisotopic (exact) mass is 367 g/mol. The number of alkyl halides is 3. The first kappa shape index (κ1) is 18.0. The van der Waals surface area contributed by atoms with E-state index in [9.17, 15) is 22.8 Å². The van der Waals surface area contributed by atoms with Gasteiger partial charge in [-0.25, -0.2) is 9.48 Å². The summed E-state index contributed by atoms with van der Waals surface area (Å²) in [5.74, 6) is -2.44. The second-order valence-electron chi connectivity index (χ2n) is 6.16. The van der Waals surface area contributed by atoms with Gasteiger partial charge < -0.3 is 10.4 Å². The van der Waals surface area contributed by atoms with Crippen LogP contribution in [0.5, 0.6) is 0 Å². The molecule has 1 heterocycles. The summed E-state index contributed by atoms with van der Waals surface area (Å²) in [4.78, 5) is 23.6. The average Bonchev–Trinajstić information content (AvgIpc) is 3.32. The number of carbonyl (C=O) groups is 2. The third-order valence-corrected chi connectivity index (χ3v) is 4.00. The Hall–Kier alpha value is -2.84. The summed E-state index contributed by atoms with van der Waals surface area (Å²) in [7, 11) is 0. The quantitative estimate of drug-likeness (QED) is 0.822. The Morgan fingerprint density at radius 2 is 1.92 bits per heavy atom. The maximum absolute atomic E-state index is 12.5. The summed E-state index contributed by atoms with van der Waals surface area (Å²) < 4.78 is 39.0. The highest BCUT2D eigenvalue weighted by molar-refractivity contribution is 5.95. The molecule has 0 spiro atoms. The Labute approximate surface area is 146 Å². The molecule has 0 radical (unpaired) electrons. The van der Waals surface area contributed by atoms with Gasteiger partial charge in [-0.15, -0.1) is 0 Å². The summed E-state index contributed by atoms with van der Waals surface area (Å²) in [6, 6.07) is 8.09. The first-order chi connectivity index (χ1) is 12.2. The van der Waals surface area contributed by atoms with Crippen LogP contribution in [0.4, 0.5) is 13.2 Å². The normalized spacial score (nSPS) is 15.5. The Kier molecular flexibility index (Phi) is 4.71. The maximum Gasteiger partial charge on any atom is 0.391 e. The van der Waals surface area contributed by atoms with Gasteiger partial charge in [0.1, 0.15) is 11.7 Å². The lowest BCUT2D eigenvalue weighted by molar-refractivity contribution is -0.157. The fraction of sp³-hybridized carbons (Fsp3) is 0.353. The van der Waals surface area contributed by atoms with Crippen LogP contribution in [0, 0.1) is 0 Å². The van der Waals surface area contributed by atoms with E-state index in [4.69, 9.17) is 5.11 Å². The van der Waals surface area contributed by atoms with Crippen LogP contribution in [-0.2, 0) is 4.79 Å². The van der Waals surface area contributed by atoms with E-state index in [-0.39, 0.29) is 11.6 Å². The number of halogens is 3. The van der Waals surface area contributed by atoms with Crippen molar-refractivity contribution in [1.29, 1.82) is 0 Å². The molecule has 26 heavy (non-hydrogen) atoms. The second kappa shape index (κ2) is 6.81. The van der Waals surface area contributed by atoms with E-state index in [2.05, 4.69) is 5.10 Å². The van der Waals surface area contributed by atoms with Crippen LogP contribution in [-0.4, -0.2) is 39.0 Å². The number of hydrogen-bond acceptors (Lipinski definition) is 3. The van der Waals surface area contributed by atoms with Crippen LogP contribution in [0.1, 0.15) is 41.4 Å². The molecule has 0 bridgehead atoms. The molecule has 1 aliphatic rings. The fourth-order valence-electron chi connectivity index (χ4n) is 2.57. The molecule has 0 saturated heterocycles. The lowest BCUT2D eigenvalue weighted by Gasteiger charge is -2.16. The predicted octanol–water partition coefficient (Wildman–Crippen LogP) is 2.89. The molecule has 6 nitrogen and oxygen atoms in total. The number of aromatic nitrogens is 2. The Morgan fingerprint density at radius 3 is 2.46 bits per heavy atom. The van der Waals surface area contributed by atoms with Crippen molar-refractivity contribution in [2.75, 3.05) is 0 Å². The minimum atomic E-state index is -4.71. The number of carbonyl (C=O) groups excluding carboxylic acids is 1. The minimum Gasteiger partial charge on any atom is -0.480 e. The zero-order valence-corrected chi connectivity index (χ0v) is 13.5. The summed E-state index contributed by atoms with van der Waals surface area (Å²) >= 11 is 0. The standard InChI is InChI=1S/C17H16F3N3O3/c18-17(19,20)9-13(16(25)26)21-15(24)14-8-12(10-6-7-10)22-23(14)11-4-2-1-3-5-11/h1-5,8,10,13H,6-7,9H2,(H,21,24)(H,25,26). The van der Waals surface area contributed by atoms with Crippen molar-refractivity contribution in [2.24, 2.45) is 0 Å². The van der Waals surface area contributed by atoms with Crippen LogP contribution in [0.3, 0.4) is 0 Å². The van der Waals surface area contributed by atoms with E-state index in [0.29, 0.717) is 11.4 Å². The number of para-hydroxylation sites is 1. The van der Waals surface area contributed by atoms with Gasteiger partial charge in [0.25, 0.3) is 5.91 Å². The van der Waals surface area contributed by atoms with E-state index in [1.54, 1.807) is 30.3 Å². The number of amides is 1. The molecule has 138 valence electrons. The predicted molar refractivity (Wildman–Crippen MR) is 85.1 cm³/mol. The largest absolute Gasteiger partial charge is 0.480 e. The number of hydrogen-bond donors (Lipinski definition) is 2. The number of carboxylic acids is 1. The van der Waals surface area contributed by atoms with E-state index in [0.717, 1.165) is 12.8 Å². The van der Waals surface area contributed by atoms with Crippen molar-refractivity contribution in [1.82, 2.24) is 15.1 Å². The van der Waals surface area contributed by atoms with Crippen molar-refractivity contribution in [3.8, 4) is 5.69 Å². The average molecular weight is 367 g/mol. The molecule has 0 aliphatic heterocycles. The third kappa shape index (κ3) is 4.22. The molecular formula is C17H16F3N3O3. The number of nitrogens with zero attached hydrogens (tertiary/aromatic N) is 2. The first-order valence-corrected chi connectivity index (χ1v) is 8.00. The van der Waals surface area contributed by atoms with Crippen molar-refractivity contribution in [3.05, 3.63) is 47.8 Å². The molecule has 1 aliphatic carbocycles. The van der Waals surface area contributed by atoms with E-state index in [1.165, 1.54) is 10.7 Å². The summed E-state index contributed by atoms with van der Waals surface area (Å²) in [5.41, 5.74) is 1.24. The molecule has 1 aromatic carbocycles. The van der Waals surface area contributed by atoms with Gasteiger partial charge in [0.05, 0.1) is 17.8 Å². The van der Waals surface area contributed by atoms with Gasteiger partial charge in [-0.1, -0.05) is 18.2 Å². The fourth-order valence-corrected chi connectivity index (χ4v) is 2.57. The first-order valence-electron chi connectivity index (χ1n) is 8.00. The topological polar surface area (TPSA) is 84.2 Å². The van der Waals surface area contributed by atoms with Crippen molar-refractivity contribution < 1.29 is 27.9 Å². The third-order valence-electron chi connectivity index (χ3n) is 4.00. The molecule has 2 N–H and O–H groups in total. The molecule has 3 rings (SSSR count). The lowest BCUT2D eigenvalue weighted by Crippen LogP contribution is -2.44. The highest BCUT2D eigenvalue weighted by Crippen LogP contribution is 2.39. The van der Waals surface area contributed by atoms with Crippen LogP contribution in [0.2, 0.25) is 0 Å². The van der Waals surface area contributed by atoms with Gasteiger partial charge in [-0.3, -0.25) is 4.79 Å². The summed E-state index contributed by atoms with van der Waals surface area (Å²) in [6.07, 6.45) is -4.50. The van der Waals surface area contributed by atoms with Gasteiger partial charge in [0.2, 0.25) is 0 Å². The van der Waals surface area contributed by atoms with Crippen molar-refractivity contribution >= 4 is 11.9 Å². The lowest BCUT2D eigenvalue weighted by atomic mass is 10.2. The number of benzene rings is 1. The molecule has 2 aromatic rings. The zero-order chi connectivity index (χ0) is 18.9. The highest BCUT2D eigenvalue weighted by atomic mass is 19.4. The molecule has 1 fully saturated rings. The van der Waals surface area contributed by atoms with Crippen LogP contribution in [0.15, 0.2) is 36.4 Å².